The lowest BCUT2D eigenvalue weighted by Gasteiger charge is -2.51. The predicted molar refractivity (Wildman–Crippen MR) is 100 cm³/mol. The highest BCUT2D eigenvalue weighted by Gasteiger charge is 2.84. The van der Waals surface area contributed by atoms with E-state index in [1.54, 1.807) is 19.2 Å². The number of halogens is 1. The normalized spacial score (nSPS) is 49.0. The fraction of sp³-hybridized carbons (Fsp3) is 0.650. The molecule has 5 fully saturated rings. The zero-order chi connectivity index (χ0) is 17.8. The molecule has 9 atom stereocenters. The molecule has 0 saturated heterocycles. The maximum Gasteiger partial charge on any atom is 0.193 e. The minimum atomic E-state index is -0.630. The van der Waals surface area contributed by atoms with E-state index in [-0.39, 0.29) is 0 Å². The molecule has 1 aromatic rings. The van der Waals surface area contributed by atoms with Gasteiger partial charge in [0.15, 0.2) is 5.96 Å². The molecule has 5 aliphatic rings. The number of anilines is 1. The van der Waals surface area contributed by atoms with E-state index in [9.17, 15) is 5.11 Å². The van der Waals surface area contributed by atoms with Gasteiger partial charge in [0.25, 0.3) is 0 Å². The first kappa shape index (κ1) is 15.6. The van der Waals surface area contributed by atoms with Gasteiger partial charge in [-0.3, -0.25) is 4.99 Å². The Balaban J connectivity index is 1.21. The standard InChI is InChI=1S/C20H24ClN3O2/c1-26-14-3-2-8(4-13(14)21)24-19(22)23-7-20(25)17-10-6-11-15-9(10)5-12(17)16(15)18(11)20/h2-4,9-12,15-18,25H,5-7H2,1H3,(H3,22,23,24). The maximum atomic E-state index is 11.6. The van der Waals surface area contributed by atoms with Crippen molar-refractivity contribution in [1.29, 1.82) is 0 Å². The van der Waals surface area contributed by atoms with Crippen LogP contribution in [0.1, 0.15) is 12.8 Å². The van der Waals surface area contributed by atoms with Gasteiger partial charge in [-0.05, 0) is 78.4 Å². The van der Waals surface area contributed by atoms with E-state index in [0.717, 1.165) is 41.2 Å². The summed E-state index contributed by atoms with van der Waals surface area (Å²) in [6, 6.07) is 5.41. The number of methoxy groups -OCH3 is 1. The monoisotopic (exact) mass is 373 g/mol. The second kappa shape index (κ2) is 4.87. The molecule has 0 aromatic heterocycles. The summed E-state index contributed by atoms with van der Waals surface area (Å²) in [6.07, 6.45) is 2.73. The van der Waals surface area contributed by atoms with Crippen LogP contribution in [0, 0.1) is 47.3 Å². The first-order valence-electron chi connectivity index (χ1n) is 9.66. The van der Waals surface area contributed by atoms with Gasteiger partial charge in [-0.1, -0.05) is 11.6 Å². The van der Waals surface area contributed by atoms with Crippen molar-refractivity contribution in [3.05, 3.63) is 23.2 Å². The second-order valence-electron chi connectivity index (χ2n) is 9.00. The molecule has 138 valence electrons. The molecule has 4 N–H and O–H groups in total. The van der Waals surface area contributed by atoms with Crippen molar-refractivity contribution in [2.24, 2.45) is 58.1 Å². The van der Waals surface area contributed by atoms with Crippen molar-refractivity contribution >= 4 is 23.2 Å². The summed E-state index contributed by atoms with van der Waals surface area (Å²) in [6.45, 7) is 0.421. The van der Waals surface area contributed by atoms with Crippen LogP contribution in [0.15, 0.2) is 23.2 Å². The van der Waals surface area contributed by atoms with Crippen LogP contribution in [0.2, 0.25) is 5.02 Å². The SMILES string of the molecule is COc1ccc(NC(N)=NCC2(O)C3C4CC5C6C4CC3C6C52)cc1Cl. The fourth-order valence-electron chi connectivity index (χ4n) is 8.08. The Morgan fingerprint density at radius 1 is 1.27 bits per heavy atom. The van der Waals surface area contributed by atoms with Gasteiger partial charge in [0.1, 0.15) is 5.75 Å². The predicted octanol–water partition coefficient (Wildman–Crippen LogP) is 2.58. The van der Waals surface area contributed by atoms with E-state index in [2.05, 4.69) is 10.3 Å². The molecule has 5 nitrogen and oxygen atoms in total. The van der Waals surface area contributed by atoms with Gasteiger partial charge >= 0.3 is 0 Å². The zero-order valence-electron chi connectivity index (χ0n) is 14.7. The van der Waals surface area contributed by atoms with E-state index < -0.39 is 5.60 Å². The molecule has 2 bridgehead atoms. The van der Waals surface area contributed by atoms with Gasteiger partial charge in [-0.2, -0.15) is 0 Å². The van der Waals surface area contributed by atoms with E-state index in [0.29, 0.717) is 35.1 Å². The molecule has 9 unspecified atom stereocenters. The third kappa shape index (κ3) is 1.65. The highest BCUT2D eigenvalue weighted by atomic mass is 35.5. The molecule has 0 heterocycles. The minimum absolute atomic E-state index is 0.331. The van der Waals surface area contributed by atoms with Crippen LogP contribution in [0.4, 0.5) is 5.69 Å². The highest BCUT2D eigenvalue weighted by molar-refractivity contribution is 6.32. The molecular weight excluding hydrogens is 350 g/mol. The van der Waals surface area contributed by atoms with Gasteiger partial charge < -0.3 is 20.9 Å². The number of rotatable bonds is 4. The molecule has 0 aliphatic heterocycles. The Morgan fingerprint density at radius 2 is 2.04 bits per heavy atom. The zero-order valence-corrected chi connectivity index (χ0v) is 15.5. The molecule has 5 saturated carbocycles. The minimum Gasteiger partial charge on any atom is -0.495 e. The van der Waals surface area contributed by atoms with Crippen molar-refractivity contribution in [3.8, 4) is 5.75 Å². The smallest absolute Gasteiger partial charge is 0.193 e. The maximum absolute atomic E-state index is 11.6. The number of nitrogens with zero attached hydrogens (tertiary/aromatic N) is 1. The second-order valence-corrected chi connectivity index (χ2v) is 9.41. The largest absolute Gasteiger partial charge is 0.495 e. The number of fused-ring (bicyclic) bond motifs is 2. The van der Waals surface area contributed by atoms with Crippen molar-refractivity contribution in [3.63, 3.8) is 0 Å². The molecule has 0 radical (unpaired) electrons. The summed E-state index contributed by atoms with van der Waals surface area (Å²) >= 11 is 6.16. The van der Waals surface area contributed by atoms with Crippen LogP contribution in [-0.2, 0) is 0 Å². The van der Waals surface area contributed by atoms with Gasteiger partial charge in [-0.15, -0.1) is 0 Å². The van der Waals surface area contributed by atoms with Crippen LogP contribution in [0.5, 0.6) is 5.75 Å². The van der Waals surface area contributed by atoms with Gasteiger partial charge in [0.2, 0.25) is 0 Å². The Labute approximate surface area is 158 Å². The lowest BCUT2D eigenvalue weighted by atomic mass is 9.56. The number of ether oxygens (including phenoxy) is 1. The lowest BCUT2D eigenvalue weighted by molar-refractivity contribution is -0.123. The Hall–Kier alpha value is -1.46. The van der Waals surface area contributed by atoms with Gasteiger partial charge in [0, 0.05) is 5.69 Å². The molecule has 26 heavy (non-hydrogen) atoms. The fourth-order valence-corrected chi connectivity index (χ4v) is 8.34. The van der Waals surface area contributed by atoms with Crippen LogP contribution in [0.25, 0.3) is 0 Å². The number of aliphatic hydroxyl groups is 1. The van der Waals surface area contributed by atoms with Crippen LogP contribution >= 0.6 is 11.6 Å². The van der Waals surface area contributed by atoms with Crippen molar-refractivity contribution in [1.82, 2.24) is 0 Å². The van der Waals surface area contributed by atoms with Crippen LogP contribution in [-0.4, -0.2) is 30.3 Å². The number of benzene rings is 1. The van der Waals surface area contributed by atoms with Crippen molar-refractivity contribution in [2.75, 3.05) is 19.0 Å². The molecule has 6 rings (SSSR count). The van der Waals surface area contributed by atoms with Crippen molar-refractivity contribution in [2.45, 2.75) is 18.4 Å². The number of aliphatic imine (C=N–C) groups is 1. The number of hydrogen-bond donors (Lipinski definition) is 3. The van der Waals surface area contributed by atoms with E-state index in [4.69, 9.17) is 22.1 Å². The quantitative estimate of drug-likeness (QED) is 0.559. The average molecular weight is 374 g/mol. The summed E-state index contributed by atoms with van der Waals surface area (Å²) in [5.41, 5.74) is 6.24. The topological polar surface area (TPSA) is 79.9 Å². The molecule has 6 heteroatoms. The number of nitrogens with one attached hydrogen (secondary N) is 1. The molecule has 5 aliphatic carbocycles. The van der Waals surface area contributed by atoms with Crippen molar-refractivity contribution < 1.29 is 9.84 Å². The number of nitrogens with two attached hydrogens (primary N) is 1. The molecule has 0 spiro atoms. The summed E-state index contributed by atoms with van der Waals surface area (Å²) in [5, 5.41) is 15.2. The van der Waals surface area contributed by atoms with Gasteiger partial charge in [0.05, 0.1) is 24.3 Å². The molecule has 0 amide bonds. The summed E-state index contributed by atoms with van der Waals surface area (Å²) in [4.78, 5) is 4.55. The Bertz CT molecular complexity index is 823. The molecular formula is C20H24ClN3O2. The summed E-state index contributed by atoms with van der Waals surface area (Å²) in [5.74, 6) is 6.77. The Kier molecular flexibility index (Phi) is 2.92. The third-order valence-electron chi connectivity index (χ3n) is 8.45. The molecule has 1 aromatic carbocycles. The van der Waals surface area contributed by atoms with E-state index >= 15 is 0 Å². The van der Waals surface area contributed by atoms with Crippen LogP contribution in [0.3, 0.4) is 0 Å². The highest BCUT2D eigenvalue weighted by Crippen LogP contribution is 2.85. The first-order chi connectivity index (χ1) is 12.5. The van der Waals surface area contributed by atoms with E-state index in [1.165, 1.54) is 12.8 Å². The lowest BCUT2D eigenvalue weighted by Crippen LogP contribution is -2.56. The average Bonchev–Trinajstić information content (AvgIpc) is 3.12. The summed E-state index contributed by atoms with van der Waals surface area (Å²) < 4.78 is 5.16. The third-order valence-corrected chi connectivity index (χ3v) is 8.74. The van der Waals surface area contributed by atoms with Gasteiger partial charge in [-0.25, -0.2) is 0 Å². The van der Waals surface area contributed by atoms with Crippen LogP contribution < -0.4 is 15.8 Å². The number of guanidine groups is 1. The Morgan fingerprint density at radius 3 is 2.81 bits per heavy atom. The van der Waals surface area contributed by atoms with E-state index in [1.807, 2.05) is 6.07 Å². The number of hydrogen-bond acceptors (Lipinski definition) is 3. The first-order valence-corrected chi connectivity index (χ1v) is 10.0. The summed E-state index contributed by atoms with van der Waals surface area (Å²) in [7, 11) is 1.59.